The molecular weight excluding hydrogens is 295 g/mol. The minimum atomic E-state index is -4.30. The smallest absolute Gasteiger partial charge is 0.327 e. The molecule has 0 saturated heterocycles. The molecule has 1 saturated carbocycles. The Labute approximate surface area is 106 Å². The Morgan fingerprint density at radius 2 is 1.94 bits per heavy atom. The first kappa shape index (κ1) is 12.9. The molecular formula is C12H13BrF3N. The van der Waals surface area contributed by atoms with Crippen LogP contribution in [0.15, 0.2) is 22.7 Å². The normalized spacial score (nSPS) is 20.1. The lowest BCUT2D eigenvalue weighted by Gasteiger charge is -2.22. The van der Waals surface area contributed by atoms with Gasteiger partial charge in [0, 0.05) is 15.9 Å². The van der Waals surface area contributed by atoms with Crippen molar-refractivity contribution in [2.75, 3.05) is 0 Å². The van der Waals surface area contributed by atoms with Crippen molar-refractivity contribution < 1.29 is 13.2 Å². The average molecular weight is 308 g/mol. The Morgan fingerprint density at radius 3 is 2.29 bits per heavy atom. The van der Waals surface area contributed by atoms with Gasteiger partial charge in [0.25, 0.3) is 0 Å². The first-order valence-corrected chi connectivity index (χ1v) is 6.19. The summed E-state index contributed by atoms with van der Waals surface area (Å²) in [6, 6.07) is 3.76. The summed E-state index contributed by atoms with van der Waals surface area (Å²) >= 11 is 3.23. The number of nitrogens with two attached hydrogens (primary N) is 1. The molecule has 1 fully saturated rings. The molecule has 1 aromatic rings. The lowest BCUT2D eigenvalue weighted by molar-refractivity contribution is -0.137. The van der Waals surface area contributed by atoms with Crippen LogP contribution >= 0.6 is 15.9 Å². The highest BCUT2D eigenvalue weighted by Gasteiger charge is 2.48. The summed E-state index contributed by atoms with van der Waals surface area (Å²) in [6.45, 7) is 1.90. The third-order valence-corrected chi connectivity index (χ3v) is 4.15. The van der Waals surface area contributed by atoms with E-state index < -0.39 is 11.7 Å². The lowest BCUT2D eigenvalue weighted by atomic mass is 9.89. The highest BCUT2D eigenvalue weighted by Crippen LogP contribution is 2.52. The maximum Gasteiger partial charge on any atom is 0.416 e. The molecule has 0 aromatic heterocycles. The highest BCUT2D eigenvalue weighted by molar-refractivity contribution is 9.10. The topological polar surface area (TPSA) is 26.0 Å². The van der Waals surface area contributed by atoms with Crippen LogP contribution in [0.1, 0.15) is 30.9 Å². The molecule has 0 spiro atoms. The molecule has 2 rings (SSSR count). The number of benzene rings is 1. The van der Waals surface area contributed by atoms with Gasteiger partial charge in [0.15, 0.2) is 0 Å². The minimum absolute atomic E-state index is 0.0458. The van der Waals surface area contributed by atoms with Crippen LogP contribution in [-0.4, -0.2) is 6.04 Å². The summed E-state index contributed by atoms with van der Waals surface area (Å²) < 4.78 is 38.1. The molecule has 0 radical (unpaired) electrons. The largest absolute Gasteiger partial charge is 0.416 e. The minimum Gasteiger partial charge on any atom is -0.327 e. The second-order valence-corrected chi connectivity index (χ2v) is 5.49. The predicted molar refractivity (Wildman–Crippen MR) is 63.7 cm³/mol. The summed E-state index contributed by atoms with van der Waals surface area (Å²) in [7, 11) is 0. The van der Waals surface area contributed by atoms with Gasteiger partial charge in [-0.3, -0.25) is 0 Å². The van der Waals surface area contributed by atoms with E-state index in [-0.39, 0.29) is 11.5 Å². The Hall–Kier alpha value is -0.550. The highest BCUT2D eigenvalue weighted by atomic mass is 79.9. The van der Waals surface area contributed by atoms with E-state index in [2.05, 4.69) is 15.9 Å². The van der Waals surface area contributed by atoms with Crippen molar-refractivity contribution in [1.82, 2.24) is 0 Å². The van der Waals surface area contributed by atoms with Crippen LogP contribution in [0.3, 0.4) is 0 Å². The van der Waals surface area contributed by atoms with Gasteiger partial charge in [-0.05, 0) is 37.5 Å². The molecule has 1 nitrogen and oxygen atoms in total. The van der Waals surface area contributed by atoms with E-state index in [9.17, 15) is 13.2 Å². The SMILES string of the molecule is CC(N)C1(c2ccc(C(F)(F)F)cc2Br)CC1. The molecule has 0 heterocycles. The van der Waals surface area contributed by atoms with Crippen molar-refractivity contribution in [2.24, 2.45) is 5.73 Å². The Kier molecular flexibility index (Phi) is 3.02. The van der Waals surface area contributed by atoms with Crippen LogP contribution in [0.5, 0.6) is 0 Å². The molecule has 17 heavy (non-hydrogen) atoms. The average Bonchev–Trinajstić information content (AvgIpc) is 2.96. The van der Waals surface area contributed by atoms with E-state index >= 15 is 0 Å². The second-order valence-electron chi connectivity index (χ2n) is 4.64. The predicted octanol–water partition coefficient (Wildman–Crippen LogP) is 3.85. The number of rotatable bonds is 2. The standard InChI is InChI=1S/C12H13BrF3N/c1-7(17)11(4-5-11)9-3-2-8(6-10(9)13)12(14,15)16/h2-3,6-7H,4-5,17H2,1H3. The van der Waals surface area contributed by atoms with Gasteiger partial charge in [-0.25, -0.2) is 0 Å². The summed E-state index contributed by atoms with van der Waals surface area (Å²) in [5.74, 6) is 0. The maximum atomic E-state index is 12.5. The molecule has 1 unspecified atom stereocenters. The van der Waals surface area contributed by atoms with E-state index in [0.29, 0.717) is 4.47 Å². The number of hydrogen-bond acceptors (Lipinski definition) is 1. The van der Waals surface area contributed by atoms with Gasteiger partial charge in [0.05, 0.1) is 5.56 Å². The van der Waals surface area contributed by atoms with E-state index in [1.165, 1.54) is 0 Å². The van der Waals surface area contributed by atoms with Crippen LogP contribution in [0.4, 0.5) is 13.2 Å². The third kappa shape index (κ3) is 2.22. The Bertz CT molecular complexity index is 436. The van der Waals surface area contributed by atoms with Crippen molar-refractivity contribution in [1.29, 1.82) is 0 Å². The molecule has 0 bridgehead atoms. The fraction of sp³-hybridized carbons (Fsp3) is 0.500. The second kappa shape index (κ2) is 3.99. The fourth-order valence-corrected chi connectivity index (χ4v) is 2.97. The number of alkyl halides is 3. The van der Waals surface area contributed by atoms with Crippen molar-refractivity contribution >= 4 is 15.9 Å². The molecule has 5 heteroatoms. The third-order valence-electron chi connectivity index (χ3n) is 3.49. The van der Waals surface area contributed by atoms with Crippen molar-refractivity contribution in [3.8, 4) is 0 Å². The van der Waals surface area contributed by atoms with Gasteiger partial charge < -0.3 is 5.73 Å². The first-order valence-electron chi connectivity index (χ1n) is 5.40. The van der Waals surface area contributed by atoms with Gasteiger partial charge in [0.1, 0.15) is 0 Å². The van der Waals surface area contributed by atoms with Crippen LogP contribution in [0.2, 0.25) is 0 Å². The fourth-order valence-electron chi connectivity index (χ4n) is 2.20. The van der Waals surface area contributed by atoms with Crippen LogP contribution in [0.25, 0.3) is 0 Å². The Morgan fingerprint density at radius 1 is 1.35 bits per heavy atom. The van der Waals surface area contributed by atoms with E-state index in [1.807, 2.05) is 6.92 Å². The van der Waals surface area contributed by atoms with E-state index in [4.69, 9.17) is 5.73 Å². The summed E-state index contributed by atoms with van der Waals surface area (Å²) in [5, 5.41) is 0. The van der Waals surface area contributed by atoms with Gasteiger partial charge in [-0.15, -0.1) is 0 Å². The molecule has 1 aliphatic carbocycles. The van der Waals surface area contributed by atoms with Crippen LogP contribution < -0.4 is 5.73 Å². The van der Waals surface area contributed by atoms with Crippen molar-refractivity contribution in [3.05, 3.63) is 33.8 Å². The molecule has 1 aliphatic rings. The zero-order valence-electron chi connectivity index (χ0n) is 9.31. The zero-order valence-corrected chi connectivity index (χ0v) is 10.9. The van der Waals surface area contributed by atoms with Crippen molar-refractivity contribution in [3.63, 3.8) is 0 Å². The quantitative estimate of drug-likeness (QED) is 0.882. The number of hydrogen-bond donors (Lipinski definition) is 1. The maximum absolute atomic E-state index is 12.5. The van der Waals surface area contributed by atoms with Gasteiger partial charge >= 0.3 is 6.18 Å². The summed E-state index contributed by atoms with van der Waals surface area (Å²) in [5.41, 5.74) is 6.04. The summed E-state index contributed by atoms with van der Waals surface area (Å²) in [4.78, 5) is 0. The zero-order chi connectivity index (χ0) is 12.8. The van der Waals surface area contributed by atoms with E-state index in [0.717, 1.165) is 30.5 Å². The first-order chi connectivity index (χ1) is 7.77. The van der Waals surface area contributed by atoms with Gasteiger partial charge in [0.2, 0.25) is 0 Å². The van der Waals surface area contributed by atoms with Crippen molar-refractivity contribution in [2.45, 2.75) is 37.4 Å². The summed E-state index contributed by atoms with van der Waals surface area (Å²) in [6.07, 6.45) is -2.42. The Balaban J connectivity index is 2.40. The van der Waals surface area contributed by atoms with Gasteiger partial charge in [-0.1, -0.05) is 22.0 Å². The molecule has 0 aliphatic heterocycles. The van der Waals surface area contributed by atoms with Crippen LogP contribution in [-0.2, 0) is 11.6 Å². The molecule has 1 atom stereocenters. The number of halogens is 4. The van der Waals surface area contributed by atoms with Gasteiger partial charge in [-0.2, -0.15) is 13.2 Å². The molecule has 2 N–H and O–H groups in total. The lowest BCUT2D eigenvalue weighted by Crippen LogP contribution is -2.31. The van der Waals surface area contributed by atoms with Crippen LogP contribution in [0, 0.1) is 0 Å². The molecule has 94 valence electrons. The molecule has 0 amide bonds. The van der Waals surface area contributed by atoms with E-state index in [1.54, 1.807) is 6.07 Å². The monoisotopic (exact) mass is 307 g/mol. The molecule has 1 aromatic carbocycles.